The van der Waals surface area contributed by atoms with Gasteiger partial charge in [0.1, 0.15) is 11.6 Å². The van der Waals surface area contributed by atoms with E-state index < -0.39 is 0 Å². The molecule has 6 heteroatoms. The molecule has 3 aromatic rings. The number of thiophene rings is 1. The lowest BCUT2D eigenvalue weighted by Crippen LogP contribution is -2.13. The van der Waals surface area contributed by atoms with Crippen LogP contribution < -0.4 is 10.6 Å². The molecule has 0 aliphatic carbocycles. The van der Waals surface area contributed by atoms with Crippen molar-refractivity contribution in [3.63, 3.8) is 0 Å². The monoisotopic (exact) mass is 352 g/mol. The fourth-order valence-electron chi connectivity index (χ4n) is 2.41. The van der Waals surface area contributed by atoms with Crippen LogP contribution in [0.15, 0.2) is 48.0 Å². The molecule has 0 aliphatic rings. The number of nitrogens with one attached hydrogen (secondary N) is 2. The van der Waals surface area contributed by atoms with Gasteiger partial charge in [-0.25, -0.2) is 9.97 Å². The Morgan fingerprint density at radius 3 is 2.60 bits per heavy atom. The van der Waals surface area contributed by atoms with Gasteiger partial charge in [-0.3, -0.25) is 4.79 Å². The third-order valence-electron chi connectivity index (χ3n) is 3.71. The Morgan fingerprint density at radius 2 is 1.92 bits per heavy atom. The lowest BCUT2D eigenvalue weighted by Gasteiger charge is -2.11. The Bertz CT molecular complexity index is 844. The van der Waals surface area contributed by atoms with Crippen LogP contribution in [0.4, 0.5) is 17.2 Å². The summed E-state index contributed by atoms with van der Waals surface area (Å²) in [4.78, 5) is 21.8. The van der Waals surface area contributed by atoms with Crippen LogP contribution in [-0.4, -0.2) is 15.9 Å². The molecule has 0 unspecified atom stereocenters. The number of nitrogens with zero attached hydrogens (tertiary/aromatic N) is 2. The van der Waals surface area contributed by atoms with Gasteiger partial charge in [0, 0.05) is 28.0 Å². The van der Waals surface area contributed by atoms with E-state index in [0.29, 0.717) is 6.42 Å². The third-order valence-corrected chi connectivity index (χ3v) is 4.59. The maximum atomic E-state index is 12.0. The van der Waals surface area contributed by atoms with Crippen LogP contribution in [0.5, 0.6) is 0 Å². The highest BCUT2D eigenvalue weighted by Gasteiger charge is 2.07. The molecule has 0 fully saturated rings. The molecule has 0 atom stereocenters. The summed E-state index contributed by atoms with van der Waals surface area (Å²) in [6.07, 6.45) is 3.11. The molecule has 128 valence electrons. The van der Waals surface area contributed by atoms with Crippen molar-refractivity contribution in [1.29, 1.82) is 0 Å². The van der Waals surface area contributed by atoms with Gasteiger partial charge in [0.05, 0.1) is 6.42 Å². The molecule has 5 nitrogen and oxygen atoms in total. The normalized spacial score (nSPS) is 10.5. The van der Waals surface area contributed by atoms with Gasteiger partial charge in [0.2, 0.25) is 5.91 Å². The second-order valence-corrected chi connectivity index (χ2v) is 6.68. The molecule has 0 bridgehead atoms. The molecule has 1 aromatic carbocycles. The van der Waals surface area contributed by atoms with Crippen molar-refractivity contribution in [3.8, 4) is 0 Å². The molecular weight excluding hydrogens is 332 g/mol. The number of hydrogen-bond donors (Lipinski definition) is 2. The maximum Gasteiger partial charge on any atom is 0.229 e. The van der Waals surface area contributed by atoms with E-state index in [4.69, 9.17) is 0 Å². The summed E-state index contributed by atoms with van der Waals surface area (Å²) < 4.78 is 0. The number of benzene rings is 1. The first kappa shape index (κ1) is 17.1. The zero-order valence-electron chi connectivity index (χ0n) is 14.2. The highest BCUT2D eigenvalue weighted by molar-refractivity contribution is 7.10. The van der Waals surface area contributed by atoms with Gasteiger partial charge < -0.3 is 10.6 Å². The Kier molecular flexibility index (Phi) is 5.40. The minimum atomic E-state index is -0.0112. The van der Waals surface area contributed by atoms with Crippen LogP contribution in [0.2, 0.25) is 0 Å². The van der Waals surface area contributed by atoms with E-state index in [1.165, 1.54) is 0 Å². The number of anilines is 3. The summed E-state index contributed by atoms with van der Waals surface area (Å²) in [5, 5.41) is 8.21. The second-order valence-electron chi connectivity index (χ2n) is 5.65. The number of rotatable bonds is 6. The largest absolute Gasteiger partial charge is 0.340 e. The second kappa shape index (κ2) is 7.90. The molecule has 0 saturated carbocycles. The zero-order chi connectivity index (χ0) is 17.6. The van der Waals surface area contributed by atoms with Crippen LogP contribution in [0, 0.1) is 6.92 Å². The average Bonchev–Trinajstić information content (AvgIpc) is 3.10. The number of amides is 1. The minimum Gasteiger partial charge on any atom is -0.340 e. The van der Waals surface area contributed by atoms with Gasteiger partial charge >= 0.3 is 0 Å². The van der Waals surface area contributed by atoms with Gasteiger partial charge in [-0.05, 0) is 49.1 Å². The smallest absolute Gasteiger partial charge is 0.229 e. The molecule has 0 radical (unpaired) electrons. The summed E-state index contributed by atoms with van der Waals surface area (Å²) in [7, 11) is 0. The SMILES string of the molecule is CCc1cnc(C)nc1Nc1ccc(NC(=O)Cc2cccs2)cc1. The average molecular weight is 352 g/mol. The highest BCUT2D eigenvalue weighted by atomic mass is 32.1. The van der Waals surface area contributed by atoms with Gasteiger partial charge in [-0.2, -0.15) is 0 Å². The van der Waals surface area contributed by atoms with Crippen molar-refractivity contribution in [2.45, 2.75) is 26.7 Å². The van der Waals surface area contributed by atoms with Crippen LogP contribution in [0.25, 0.3) is 0 Å². The summed E-state index contributed by atoms with van der Waals surface area (Å²) in [6, 6.07) is 11.5. The minimum absolute atomic E-state index is 0.0112. The van der Waals surface area contributed by atoms with Crippen LogP contribution in [0.3, 0.4) is 0 Å². The predicted octanol–water partition coefficient (Wildman–Crippen LogP) is 4.33. The zero-order valence-corrected chi connectivity index (χ0v) is 15.1. The third kappa shape index (κ3) is 4.64. The predicted molar refractivity (Wildman–Crippen MR) is 103 cm³/mol. The van der Waals surface area contributed by atoms with Crippen LogP contribution >= 0.6 is 11.3 Å². The van der Waals surface area contributed by atoms with Gasteiger partial charge in [0.25, 0.3) is 0 Å². The van der Waals surface area contributed by atoms with E-state index in [9.17, 15) is 4.79 Å². The Hall–Kier alpha value is -2.73. The van der Waals surface area contributed by atoms with E-state index in [2.05, 4.69) is 27.5 Å². The number of carbonyl (C=O) groups is 1. The quantitative estimate of drug-likeness (QED) is 0.693. The number of aryl methyl sites for hydroxylation is 2. The Balaban J connectivity index is 1.64. The van der Waals surface area contributed by atoms with Crippen molar-refractivity contribution >= 4 is 34.4 Å². The number of aromatic nitrogens is 2. The van der Waals surface area contributed by atoms with E-state index in [1.807, 2.05) is 54.9 Å². The van der Waals surface area contributed by atoms with Gasteiger partial charge in [0.15, 0.2) is 0 Å². The summed E-state index contributed by atoms with van der Waals surface area (Å²) >= 11 is 1.59. The number of hydrogen-bond acceptors (Lipinski definition) is 5. The summed E-state index contributed by atoms with van der Waals surface area (Å²) in [5.74, 6) is 1.55. The fourth-order valence-corrected chi connectivity index (χ4v) is 3.12. The van der Waals surface area contributed by atoms with Crippen molar-refractivity contribution in [1.82, 2.24) is 9.97 Å². The maximum absolute atomic E-state index is 12.0. The molecule has 3 rings (SSSR count). The first-order valence-corrected chi connectivity index (χ1v) is 9.04. The molecule has 0 spiro atoms. The van der Waals surface area contributed by atoms with Crippen molar-refractivity contribution in [3.05, 3.63) is 64.2 Å². The lowest BCUT2D eigenvalue weighted by atomic mass is 10.2. The standard InChI is InChI=1S/C19H20N4OS/c1-3-14-12-20-13(2)21-19(14)23-16-8-6-15(7-9-16)22-18(24)11-17-5-4-10-25-17/h4-10,12H,3,11H2,1-2H3,(H,22,24)(H,20,21,23). The molecular formula is C19H20N4OS. The Morgan fingerprint density at radius 1 is 1.16 bits per heavy atom. The number of carbonyl (C=O) groups excluding carboxylic acids is 1. The Labute approximate surface area is 151 Å². The van der Waals surface area contributed by atoms with Crippen molar-refractivity contribution in [2.75, 3.05) is 10.6 Å². The first-order valence-electron chi connectivity index (χ1n) is 8.16. The van der Waals surface area contributed by atoms with Crippen molar-refractivity contribution in [2.24, 2.45) is 0 Å². The summed E-state index contributed by atoms with van der Waals surface area (Å²) in [6.45, 7) is 3.95. The van der Waals surface area contributed by atoms with Gasteiger partial charge in [-0.15, -0.1) is 11.3 Å². The molecule has 0 aliphatic heterocycles. The van der Waals surface area contributed by atoms with E-state index in [1.54, 1.807) is 11.3 Å². The lowest BCUT2D eigenvalue weighted by molar-refractivity contribution is -0.115. The topological polar surface area (TPSA) is 66.9 Å². The van der Waals surface area contributed by atoms with Crippen LogP contribution in [-0.2, 0) is 17.6 Å². The summed E-state index contributed by atoms with van der Waals surface area (Å²) in [5.41, 5.74) is 2.77. The van der Waals surface area contributed by atoms with Crippen molar-refractivity contribution < 1.29 is 4.79 Å². The molecule has 0 saturated heterocycles. The van der Waals surface area contributed by atoms with Crippen LogP contribution in [0.1, 0.15) is 23.2 Å². The van der Waals surface area contributed by atoms with E-state index >= 15 is 0 Å². The molecule has 2 N–H and O–H groups in total. The highest BCUT2D eigenvalue weighted by Crippen LogP contribution is 2.21. The van der Waals surface area contributed by atoms with E-state index in [0.717, 1.165) is 39.9 Å². The molecule has 2 aromatic heterocycles. The first-order chi connectivity index (χ1) is 12.1. The fraction of sp³-hybridized carbons (Fsp3) is 0.211. The van der Waals surface area contributed by atoms with Gasteiger partial charge in [-0.1, -0.05) is 13.0 Å². The molecule has 25 heavy (non-hydrogen) atoms. The molecule has 2 heterocycles. The van der Waals surface area contributed by atoms with E-state index in [-0.39, 0.29) is 5.91 Å². The molecule has 1 amide bonds.